The van der Waals surface area contributed by atoms with Gasteiger partial charge < -0.3 is 20.3 Å². The molecule has 1 amide bonds. The van der Waals surface area contributed by atoms with Gasteiger partial charge in [-0.05, 0) is 51.4 Å². The number of ether oxygens (including phenoxy) is 1. The summed E-state index contributed by atoms with van der Waals surface area (Å²) in [7, 11) is 0. The molecule has 0 spiro atoms. The Balaban J connectivity index is 3.32. The van der Waals surface area contributed by atoms with E-state index < -0.39 is 12.1 Å². The Bertz CT molecular complexity index is 1420. The molecule has 0 bridgehead atoms. The second kappa shape index (κ2) is 83.0. The van der Waals surface area contributed by atoms with Gasteiger partial charge in [0.25, 0.3) is 0 Å². The van der Waals surface area contributed by atoms with E-state index in [0.29, 0.717) is 25.9 Å². The molecule has 0 aromatic carbocycles. The van der Waals surface area contributed by atoms with Gasteiger partial charge in [-0.15, -0.1) is 0 Å². The number of allylic oxidation sites excluding steroid dienone is 2. The van der Waals surface area contributed by atoms with E-state index in [1.165, 1.54) is 437 Å². The van der Waals surface area contributed by atoms with E-state index in [2.05, 4.69) is 31.3 Å². The summed E-state index contributed by atoms with van der Waals surface area (Å²) in [5.41, 5.74) is 0. The third kappa shape index (κ3) is 79.5. The monoisotopic (exact) mass is 1310 g/mol. The van der Waals surface area contributed by atoms with E-state index in [9.17, 15) is 19.8 Å². The summed E-state index contributed by atoms with van der Waals surface area (Å²) in [6.07, 6.45) is 106. The quantitative estimate of drug-likeness (QED) is 0.0320. The maximum absolute atomic E-state index is 12.6. The molecule has 2 atom stereocenters. The number of hydrogen-bond acceptors (Lipinski definition) is 5. The molecule has 6 heteroatoms. The van der Waals surface area contributed by atoms with Crippen LogP contribution in [0.4, 0.5) is 0 Å². The molecule has 0 saturated heterocycles. The van der Waals surface area contributed by atoms with Gasteiger partial charge in [-0.1, -0.05) is 456 Å². The van der Waals surface area contributed by atoms with Crippen molar-refractivity contribution in [3.63, 3.8) is 0 Å². The van der Waals surface area contributed by atoms with Gasteiger partial charge in [-0.25, -0.2) is 0 Å². The smallest absolute Gasteiger partial charge is 0.305 e. The van der Waals surface area contributed by atoms with Gasteiger partial charge in [0.05, 0.1) is 25.4 Å². The molecule has 0 saturated carbocycles. The summed E-state index contributed by atoms with van der Waals surface area (Å²) < 4.78 is 5.52. The van der Waals surface area contributed by atoms with Gasteiger partial charge in [0.15, 0.2) is 0 Å². The number of esters is 1. The number of unbranched alkanes of at least 4 members (excludes halogenated alkanes) is 70. The van der Waals surface area contributed by atoms with Crippen LogP contribution in [-0.2, 0) is 14.3 Å². The van der Waals surface area contributed by atoms with Crippen molar-refractivity contribution in [1.82, 2.24) is 5.32 Å². The minimum atomic E-state index is -0.662. The van der Waals surface area contributed by atoms with Crippen LogP contribution in [0, 0.1) is 0 Å². The van der Waals surface area contributed by atoms with Crippen molar-refractivity contribution in [2.45, 2.75) is 520 Å². The van der Waals surface area contributed by atoms with Crippen LogP contribution in [0.2, 0.25) is 0 Å². The lowest BCUT2D eigenvalue weighted by Crippen LogP contribution is -2.45. The standard InChI is InChI=1S/C87H171NO5/c1-3-5-7-9-11-13-15-17-19-21-22-23-41-44-48-51-55-59-63-67-71-75-79-85(90)84(83-89)88-86(91)80-76-72-68-64-60-56-52-49-45-42-39-37-35-33-31-29-27-25-24-26-28-30-32-34-36-38-40-43-46-50-54-58-62-66-70-74-78-82-93-87(92)81-77-73-69-65-61-57-53-47-20-18-16-14-12-10-8-6-4-2/h24,26,84-85,89-90H,3-23,25,27-83H2,1-2H3,(H,88,91)/b26-24-. The third-order valence-corrected chi connectivity index (χ3v) is 20.8. The van der Waals surface area contributed by atoms with Gasteiger partial charge >= 0.3 is 5.97 Å². The number of hydrogen-bond donors (Lipinski definition) is 3. The summed E-state index contributed by atoms with van der Waals surface area (Å²) >= 11 is 0. The summed E-state index contributed by atoms with van der Waals surface area (Å²) in [4.78, 5) is 24.7. The first-order valence-corrected chi connectivity index (χ1v) is 43.4. The van der Waals surface area contributed by atoms with E-state index >= 15 is 0 Å². The lowest BCUT2D eigenvalue weighted by atomic mass is 10.0. The lowest BCUT2D eigenvalue weighted by molar-refractivity contribution is -0.143. The molecule has 3 N–H and O–H groups in total. The largest absolute Gasteiger partial charge is 0.466 e. The van der Waals surface area contributed by atoms with Gasteiger partial charge in [0.2, 0.25) is 5.91 Å². The molecule has 554 valence electrons. The fourth-order valence-corrected chi connectivity index (χ4v) is 14.2. The predicted molar refractivity (Wildman–Crippen MR) is 412 cm³/mol. The first-order chi connectivity index (χ1) is 46.0. The fourth-order valence-electron chi connectivity index (χ4n) is 14.2. The van der Waals surface area contributed by atoms with Crippen molar-refractivity contribution in [3.8, 4) is 0 Å². The van der Waals surface area contributed by atoms with Gasteiger partial charge in [-0.2, -0.15) is 0 Å². The van der Waals surface area contributed by atoms with Crippen LogP contribution in [-0.4, -0.2) is 47.4 Å². The van der Waals surface area contributed by atoms with Crippen molar-refractivity contribution < 1.29 is 24.5 Å². The Kier molecular flexibility index (Phi) is 81.8. The Morgan fingerprint density at radius 3 is 0.763 bits per heavy atom. The van der Waals surface area contributed by atoms with Crippen LogP contribution < -0.4 is 5.32 Å². The molecule has 0 fully saturated rings. The second-order valence-corrected chi connectivity index (χ2v) is 30.2. The van der Waals surface area contributed by atoms with E-state index in [1.54, 1.807) is 0 Å². The lowest BCUT2D eigenvalue weighted by Gasteiger charge is -2.22. The first-order valence-electron chi connectivity index (χ1n) is 43.4. The average molecular weight is 1310 g/mol. The first kappa shape index (κ1) is 91.6. The summed E-state index contributed by atoms with van der Waals surface area (Å²) in [5.74, 6) is 0.00223. The molecular weight excluding hydrogens is 1140 g/mol. The highest BCUT2D eigenvalue weighted by molar-refractivity contribution is 5.76. The molecule has 0 aliphatic heterocycles. The number of carbonyl (C=O) groups is 2. The molecule has 0 heterocycles. The number of nitrogens with one attached hydrogen (secondary N) is 1. The fraction of sp³-hybridized carbons (Fsp3) is 0.954. The van der Waals surface area contributed by atoms with E-state index in [1.807, 2.05) is 0 Å². The minimum Gasteiger partial charge on any atom is -0.466 e. The van der Waals surface area contributed by atoms with Crippen molar-refractivity contribution in [1.29, 1.82) is 0 Å². The zero-order chi connectivity index (χ0) is 67.0. The van der Waals surface area contributed by atoms with Crippen LogP contribution in [0.5, 0.6) is 0 Å². The molecule has 0 aliphatic carbocycles. The van der Waals surface area contributed by atoms with E-state index in [4.69, 9.17) is 4.74 Å². The van der Waals surface area contributed by atoms with Crippen LogP contribution in [0.15, 0.2) is 12.2 Å². The Hall–Kier alpha value is -1.40. The zero-order valence-corrected chi connectivity index (χ0v) is 63.8. The molecule has 6 nitrogen and oxygen atoms in total. The van der Waals surface area contributed by atoms with Crippen LogP contribution in [0.3, 0.4) is 0 Å². The molecule has 0 aromatic rings. The molecule has 0 rings (SSSR count). The second-order valence-electron chi connectivity index (χ2n) is 30.2. The Labute approximate surface area is 584 Å². The van der Waals surface area contributed by atoms with Gasteiger partial charge in [0, 0.05) is 12.8 Å². The average Bonchev–Trinajstić information content (AvgIpc) is 3.78. The summed E-state index contributed by atoms with van der Waals surface area (Å²) in [5, 5.41) is 23.5. The van der Waals surface area contributed by atoms with Crippen molar-refractivity contribution in [3.05, 3.63) is 12.2 Å². The molecule has 93 heavy (non-hydrogen) atoms. The van der Waals surface area contributed by atoms with E-state index in [-0.39, 0.29) is 18.5 Å². The Morgan fingerprint density at radius 1 is 0.290 bits per heavy atom. The van der Waals surface area contributed by atoms with Crippen LogP contribution in [0.1, 0.15) is 508 Å². The topological polar surface area (TPSA) is 95.9 Å². The van der Waals surface area contributed by atoms with Crippen molar-refractivity contribution in [2.24, 2.45) is 0 Å². The van der Waals surface area contributed by atoms with Crippen LogP contribution in [0.25, 0.3) is 0 Å². The predicted octanol–water partition coefficient (Wildman–Crippen LogP) is 29.0. The normalized spacial score (nSPS) is 12.4. The van der Waals surface area contributed by atoms with E-state index in [0.717, 1.165) is 38.5 Å². The molecule has 0 aromatic heterocycles. The van der Waals surface area contributed by atoms with Gasteiger partial charge in [-0.3, -0.25) is 9.59 Å². The molecular formula is C87H171NO5. The molecule has 0 radical (unpaired) electrons. The van der Waals surface area contributed by atoms with Crippen LogP contribution >= 0.6 is 0 Å². The number of aliphatic hydroxyl groups excluding tert-OH is 2. The maximum Gasteiger partial charge on any atom is 0.305 e. The summed E-state index contributed by atoms with van der Waals surface area (Å²) in [6, 6.07) is -0.539. The number of rotatable bonds is 83. The minimum absolute atomic E-state index is 0.0247. The molecule has 0 aliphatic rings. The SMILES string of the molecule is CCCCCCCCCCCCCCCCCCCCCCCCC(O)C(CO)NC(=O)CCCCCCCCCCCCCCCCCCC/C=C\CCCCCCCCCCCCCCCCCCOC(=O)CCCCCCCCCCCCCCCCCCC. The number of carbonyl (C=O) groups excluding carboxylic acids is 2. The maximum atomic E-state index is 12.6. The highest BCUT2D eigenvalue weighted by Crippen LogP contribution is 2.21. The molecule has 2 unspecified atom stereocenters. The zero-order valence-electron chi connectivity index (χ0n) is 63.8. The van der Waals surface area contributed by atoms with Crippen molar-refractivity contribution >= 4 is 11.9 Å². The Morgan fingerprint density at radius 2 is 0.505 bits per heavy atom. The van der Waals surface area contributed by atoms with Gasteiger partial charge in [0.1, 0.15) is 0 Å². The summed E-state index contributed by atoms with van der Waals surface area (Å²) in [6.45, 7) is 5.03. The highest BCUT2D eigenvalue weighted by Gasteiger charge is 2.20. The highest BCUT2D eigenvalue weighted by atomic mass is 16.5. The third-order valence-electron chi connectivity index (χ3n) is 20.8. The number of aliphatic hydroxyl groups is 2. The number of amides is 1. The van der Waals surface area contributed by atoms with Crippen molar-refractivity contribution in [2.75, 3.05) is 13.2 Å².